The van der Waals surface area contributed by atoms with Crippen LogP contribution in [0.25, 0.3) is 0 Å². The van der Waals surface area contributed by atoms with Crippen LogP contribution in [0.15, 0.2) is 30.3 Å². The van der Waals surface area contributed by atoms with Crippen molar-refractivity contribution >= 4 is 11.8 Å². The average Bonchev–Trinajstić information content (AvgIpc) is 2.62. The summed E-state index contributed by atoms with van der Waals surface area (Å²) in [6, 6.07) is 8.30. The molecule has 0 atom stereocenters. The first kappa shape index (κ1) is 21.2. The van der Waals surface area contributed by atoms with Crippen LogP contribution in [0.5, 0.6) is 0 Å². The third kappa shape index (κ3) is 10.6. The number of carbonyl (C=O) groups is 2. The number of Topliss-reactive ketones (excluding diaryl/α,β-unsaturated/α-hetero) is 1. The summed E-state index contributed by atoms with van der Waals surface area (Å²) in [6.45, 7) is 3.70. The maximum Gasteiger partial charge on any atom is 0.379 e. The highest BCUT2D eigenvalue weighted by Gasteiger charge is 2.16. The van der Waals surface area contributed by atoms with Gasteiger partial charge in [-0.2, -0.15) is 0 Å². The Morgan fingerprint density at radius 2 is 1.32 bits per heavy atom. The maximum atomic E-state index is 11.7. The van der Waals surface area contributed by atoms with Gasteiger partial charge >= 0.3 is 5.97 Å². The van der Waals surface area contributed by atoms with Crippen LogP contribution in [0, 0.1) is 0 Å². The van der Waals surface area contributed by atoms with E-state index in [1.807, 2.05) is 14.1 Å². The molecule has 0 aliphatic carbocycles. The molecule has 25 heavy (non-hydrogen) atoms. The number of benzene rings is 1. The van der Waals surface area contributed by atoms with Gasteiger partial charge in [0, 0.05) is 12.1 Å². The van der Waals surface area contributed by atoms with Crippen LogP contribution in [-0.4, -0.2) is 83.5 Å². The van der Waals surface area contributed by atoms with Crippen molar-refractivity contribution in [3.05, 3.63) is 35.9 Å². The normalized spacial score (nSPS) is 10.8. The molecule has 1 rings (SSSR count). The second kappa shape index (κ2) is 13.5. The summed E-state index contributed by atoms with van der Waals surface area (Å²) in [6.07, 6.45) is 0. The van der Waals surface area contributed by atoms with Gasteiger partial charge < -0.3 is 23.8 Å². The van der Waals surface area contributed by atoms with Crippen molar-refractivity contribution < 1.29 is 28.5 Å². The predicted octanol–water partition coefficient (Wildman–Crippen LogP) is 1.02. The SMILES string of the molecule is CN(C)CCOCCOCCOCCOC(=O)C(=O)c1ccccc1. The molecule has 0 fully saturated rings. The van der Waals surface area contributed by atoms with Crippen LogP contribution in [0.4, 0.5) is 0 Å². The Hall–Kier alpha value is -1.80. The summed E-state index contributed by atoms with van der Waals surface area (Å²) < 4.78 is 20.9. The Morgan fingerprint density at radius 1 is 0.800 bits per heavy atom. The number of hydrogen-bond donors (Lipinski definition) is 0. The minimum Gasteiger partial charge on any atom is -0.457 e. The van der Waals surface area contributed by atoms with Gasteiger partial charge in [0.05, 0.1) is 39.6 Å². The van der Waals surface area contributed by atoms with E-state index in [1.165, 1.54) is 0 Å². The minimum atomic E-state index is -0.874. The fourth-order valence-electron chi connectivity index (χ4n) is 1.76. The van der Waals surface area contributed by atoms with Gasteiger partial charge in [-0.15, -0.1) is 0 Å². The first-order chi connectivity index (χ1) is 12.1. The van der Waals surface area contributed by atoms with Crippen molar-refractivity contribution in [2.24, 2.45) is 0 Å². The molecule has 0 radical (unpaired) electrons. The second-order valence-electron chi connectivity index (χ2n) is 5.47. The lowest BCUT2D eigenvalue weighted by Gasteiger charge is -2.10. The Balaban J connectivity index is 1.92. The highest BCUT2D eigenvalue weighted by atomic mass is 16.6. The first-order valence-corrected chi connectivity index (χ1v) is 8.25. The molecule has 0 aliphatic heterocycles. The van der Waals surface area contributed by atoms with Crippen molar-refractivity contribution in [1.82, 2.24) is 4.90 Å². The Kier molecular flexibility index (Phi) is 11.5. The van der Waals surface area contributed by atoms with Gasteiger partial charge in [-0.25, -0.2) is 4.79 Å². The summed E-state index contributed by atoms with van der Waals surface area (Å²) in [7, 11) is 3.98. The first-order valence-electron chi connectivity index (χ1n) is 8.25. The third-order valence-corrected chi connectivity index (χ3v) is 3.11. The molecule has 1 aromatic rings. The molecular weight excluding hydrogens is 326 g/mol. The van der Waals surface area contributed by atoms with Crippen LogP contribution in [0.3, 0.4) is 0 Å². The molecule has 0 heterocycles. The fourth-order valence-corrected chi connectivity index (χ4v) is 1.76. The lowest BCUT2D eigenvalue weighted by atomic mass is 10.1. The summed E-state index contributed by atoms with van der Waals surface area (Å²) in [4.78, 5) is 25.4. The van der Waals surface area contributed by atoms with E-state index in [-0.39, 0.29) is 13.2 Å². The molecule has 7 nitrogen and oxygen atoms in total. The monoisotopic (exact) mass is 353 g/mol. The van der Waals surface area contributed by atoms with Gasteiger partial charge in [0.2, 0.25) is 0 Å². The highest BCUT2D eigenvalue weighted by molar-refractivity contribution is 6.40. The molecule has 0 bridgehead atoms. The number of esters is 1. The van der Waals surface area contributed by atoms with E-state index in [4.69, 9.17) is 18.9 Å². The van der Waals surface area contributed by atoms with E-state index in [0.29, 0.717) is 38.6 Å². The van der Waals surface area contributed by atoms with E-state index >= 15 is 0 Å². The van der Waals surface area contributed by atoms with Crippen molar-refractivity contribution in [2.75, 3.05) is 66.9 Å². The molecule has 0 spiro atoms. The van der Waals surface area contributed by atoms with E-state index < -0.39 is 11.8 Å². The van der Waals surface area contributed by atoms with Crippen molar-refractivity contribution in [2.45, 2.75) is 0 Å². The molecule has 0 amide bonds. The predicted molar refractivity (Wildman–Crippen MR) is 92.7 cm³/mol. The Morgan fingerprint density at radius 3 is 1.88 bits per heavy atom. The van der Waals surface area contributed by atoms with Crippen LogP contribution < -0.4 is 0 Å². The topological polar surface area (TPSA) is 74.3 Å². The molecule has 0 aliphatic rings. The number of rotatable bonds is 14. The lowest BCUT2D eigenvalue weighted by Crippen LogP contribution is -2.20. The van der Waals surface area contributed by atoms with Gasteiger partial charge in [0.15, 0.2) is 0 Å². The van der Waals surface area contributed by atoms with Crippen LogP contribution in [0.2, 0.25) is 0 Å². The van der Waals surface area contributed by atoms with Crippen molar-refractivity contribution in [3.63, 3.8) is 0 Å². The van der Waals surface area contributed by atoms with E-state index in [1.54, 1.807) is 30.3 Å². The van der Waals surface area contributed by atoms with Crippen LogP contribution in [0.1, 0.15) is 10.4 Å². The zero-order valence-corrected chi connectivity index (χ0v) is 14.9. The van der Waals surface area contributed by atoms with Crippen molar-refractivity contribution in [1.29, 1.82) is 0 Å². The summed E-state index contributed by atoms with van der Waals surface area (Å²) in [5.74, 6) is -1.53. The summed E-state index contributed by atoms with van der Waals surface area (Å²) >= 11 is 0. The average molecular weight is 353 g/mol. The van der Waals surface area contributed by atoms with Crippen molar-refractivity contribution in [3.8, 4) is 0 Å². The van der Waals surface area contributed by atoms with Gasteiger partial charge in [-0.1, -0.05) is 30.3 Å². The number of hydrogen-bond acceptors (Lipinski definition) is 7. The molecule has 7 heteroatoms. The van der Waals surface area contributed by atoms with Gasteiger partial charge in [0.1, 0.15) is 6.61 Å². The van der Waals surface area contributed by atoms with E-state index in [2.05, 4.69) is 4.90 Å². The van der Waals surface area contributed by atoms with Gasteiger partial charge in [-0.05, 0) is 14.1 Å². The third-order valence-electron chi connectivity index (χ3n) is 3.11. The largest absolute Gasteiger partial charge is 0.457 e. The number of ether oxygens (including phenoxy) is 4. The maximum absolute atomic E-state index is 11.7. The molecule has 0 saturated heterocycles. The number of nitrogens with zero attached hydrogens (tertiary/aromatic N) is 1. The highest BCUT2D eigenvalue weighted by Crippen LogP contribution is 2.01. The fraction of sp³-hybridized carbons (Fsp3) is 0.556. The number of ketones is 1. The standard InChI is InChI=1S/C18H27NO6/c1-19(2)8-9-22-10-11-23-12-13-24-14-15-25-18(21)17(20)16-6-4-3-5-7-16/h3-7H,8-15H2,1-2H3. The Labute approximate surface area is 148 Å². The molecule has 140 valence electrons. The lowest BCUT2D eigenvalue weighted by molar-refractivity contribution is -0.139. The quantitative estimate of drug-likeness (QED) is 0.214. The molecule has 1 aromatic carbocycles. The molecule has 0 aromatic heterocycles. The smallest absolute Gasteiger partial charge is 0.379 e. The zero-order valence-electron chi connectivity index (χ0n) is 14.9. The van der Waals surface area contributed by atoms with E-state index in [9.17, 15) is 9.59 Å². The minimum absolute atomic E-state index is 0.0328. The summed E-state index contributed by atoms with van der Waals surface area (Å²) in [5, 5.41) is 0. The van der Waals surface area contributed by atoms with Crippen LogP contribution >= 0.6 is 0 Å². The van der Waals surface area contributed by atoms with Gasteiger partial charge in [-0.3, -0.25) is 4.79 Å². The zero-order chi connectivity index (χ0) is 18.3. The van der Waals surface area contributed by atoms with Gasteiger partial charge in [0.25, 0.3) is 5.78 Å². The molecule has 0 N–H and O–H groups in total. The number of carbonyl (C=O) groups excluding carboxylic acids is 2. The molecule has 0 unspecified atom stereocenters. The number of likely N-dealkylation sites (N-methyl/N-ethyl adjacent to an activating group) is 1. The Bertz CT molecular complexity index is 492. The molecular formula is C18H27NO6. The second-order valence-corrected chi connectivity index (χ2v) is 5.47. The van der Waals surface area contributed by atoms with Crippen LogP contribution in [-0.2, 0) is 23.7 Å². The molecule has 0 saturated carbocycles. The van der Waals surface area contributed by atoms with E-state index in [0.717, 1.165) is 6.54 Å². The summed E-state index contributed by atoms with van der Waals surface area (Å²) in [5.41, 5.74) is 0.314.